The van der Waals surface area contributed by atoms with Gasteiger partial charge < -0.3 is 20.9 Å². The van der Waals surface area contributed by atoms with Crippen molar-refractivity contribution < 1.29 is 9.59 Å². The smallest absolute Gasteiger partial charge is 0.255 e. The molecule has 1 saturated heterocycles. The monoisotopic (exact) mass is 591 g/mol. The summed E-state index contributed by atoms with van der Waals surface area (Å²) in [6, 6.07) is 18.8. The average Bonchev–Trinajstić information content (AvgIpc) is 3.56. The summed E-state index contributed by atoms with van der Waals surface area (Å²) < 4.78 is 2.03. The van der Waals surface area contributed by atoms with E-state index in [1.807, 2.05) is 71.0 Å². The highest BCUT2D eigenvalue weighted by Gasteiger charge is 2.48. The van der Waals surface area contributed by atoms with Crippen LogP contribution in [-0.4, -0.2) is 69.2 Å². The molecule has 0 unspecified atom stereocenters. The van der Waals surface area contributed by atoms with Crippen LogP contribution in [-0.2, 0) is 5.41 Å². The topological polar surface area (TPSA) is 109 Å². The molecule has 9 nitrogen and oxygen atoms in total. The molecule has 1 aliphatic carbocycles. The van der Waals surface area contributed by atoms with Crippen molar-refractivity contribution in [1.82, 2.24) is 24.2 Å². The van der Waals surface area contributed by atoms with Crippen molar-refractivity contribution in [3.05, 3.63) is 99.6 Å². The Morgan fingerprint density at radius 1 is 0.953 bits per heavy atom. The van der Waals surface area contributed by atoms with Crippen LogP contribution in [0.15, 0.2) is 72.2 Å². The number of pyridine rings is 1. The molecular formula is C33H33N7O2S. The van der Waals surface area contributed by atoms with Crippen molar-refractivity contribution in [2.75, 3.05) is 44.3 Å². The molecule has 0 atom stereocenters. The highest BCUT2D eigenvalue weighted by atomic mass is 32.1. The molecule has 5 aromatic rings. The Kier molecular flexibility index (Phi) is 6.75. The number of para-hydroxylation sites is 2. The maximum Gasteiger partial charge on any atom is 0.255 e. The first-order chi connectivity index (χ1) is 20.8. The molecule has 10 heteroatoms. The van der Waals surface area contributed by atoms with Gasteiger partial charge in [0.1, 0.15) is 16.3 Å². The standard InChI is InChI=1S/C33H33N7O2S/c1-21-29(40-14-11-23(19-28(40)35-21)31(42)39-17-15-38(2)16-18-39)27-20-43-32(37-27)33(12-13-33)24-9-7-22(8-10-24)30(41)36-26-6-4-3-5-25(26)34/h3-11,14,19-20H,12-13,15-18,34H2,1-2H3,(H,36,41). The van der Waals surface area contributed by atoms with E-state index >= 15 is 0 Å². The zero-order chi connectivity index (χ0) is 29.7. The van der Waals surface area contributed by atoms with Crippen LogP contribution < -0.4 is 11.1 Å². The molecule has 1 saturated carbocycles. The normalized spacial score (nSPS) is 16.4. The number of anilines is 2. The summed E-state index contributed by atoms with van der Waals surface area (Å²) in [5.74, 6) is -0.139. The van der Waals surface area contributed by atoms with Crippen molar-refractivity contribution >= 4 is 40.2 Å². The number of rotatable bonds is 6. The minimum Gasteiger partial charge on any atom is -0.397 e. The van der Waals surface area contributed by atoms with E-state index in [1.165, 1.54) is 0 Å². The molecule has 0 spiro atoms. The Balaban J connectivity index is 1.11. The molecule has 0 bridgehead atoms. The molecule has 0 radical (unpaired) electrons. The van der Waals surface area contributed by atoms with Gasteiger partial charge in [0.15, 0.2) is 0 Å². The van der Waals surface area contributed by atoms with E-state index in [1.54, 1.807) is 23.5 Å². The molecule has 3 N–H and O–H groups in total. The number of hydrogen-bond acceptors (Lipinski definition) is 7. The molecule has 2 amide bonds. The van der Waals surface area contributed by atoms with E-state index in [0.29, 0.717) is 22.5 Å². The maximum atomic E-state index is 13.2. The van der Waals surface area contributed by atoms with Crippen LogP contribution in [0.2, 0.25) is 0 Å². The number of carbonyl (C=O) groups excluding carboxylic acids is 2. The third kappa shape index (κ3) is 4.96. The van der Waals surface area contributed by atoms with Crippen molar-refractivity contribution in [3.8, 4) is 11.4 Å². The van der Waals surface area contributed by atoms with Crippen LogP contribution in [0.1, 0.15) is 49.8 Å². The molecule has 2 aliphatic rings. The molecule has 3 aromatic heterocycles. The highest BCUT2D eigenvalue weighted by Crippen LogP contribution is 2.54. The van der Waals surface area contributed by atoms with Gasteiger partial charge in [-0.1, -0.05) is 24.3 Å². The molecular weight excluding hydrogens is 558 g/mol. The van der Waals surface area contributed by atoms with Crippen LogP contribution in [0.5, 0.6) is 0 Å². The SMILES string of the molecule is Cc1nc2cc(C(=O)N3CCN(C)CC3)ccn2c1-c1csc(C2(c3ccc(C(=O)Nc4ccccc4N)cc3)CC2)n1. The third-order valence-corrected chi connectivity index (χ3v) is 9.70. The number of benzene rings is 2. The average molecular weight is 592 g/mol. The van der Waals surface area contributed by atoms with Crippen LogP contribution in [0.25, 0.3) is 17.0 Å². The Morgan fingerprint density at radius 2 is 1.70 bits per heavy atom. The van der Waals surface area contributed by atoms with E-state index in [0.717, 1.165) is 72.3 Å². The Hall–Kier alpha value is -4.54. The third-order valence-electron chi connectivity index (χ3n) is 8.65. The Morgan fingerprint density at radius 3 is 2.42 bits per heavy atom. The van der Waals surface area contributed by atoms with Gasteiger partial charge in [-0.05, 0) is 68.8 Å². The van der Waals surface area contributed by atoms with Gasteiger partial charge in [-0.3, -0.25) is 14.0 Å². The number of nitrogens with one attached hydrogen (secondary N) is 1. The number of nitrogens with two attached hydrogens (primary N) is 1. The number of fused-ring (bicyclic) bond motifs is 1. The first-order valence-corrected chi connectivity index (χ1v) is 15.4. The molecule has 43 heavy (non-hydrogen) atoms. The van der Waals surface area contributed by atoms with Crippen LogP contribution in [0.3, 0.4) is 0 Å². The zero-order valence-corrected chi connectivity index (χ0v) is 25.0. The fraction of sp³-hybridized carbons (Fsp3) is 0.273. The van der Waals surface area contributed by atoms with Gasteiger partial charge in [-0.15, -0.1) is 11.3 Å². The summed E-state index contributed by atoms with van der Waals surface area (Å²) in [5, 5.41) is 6.05. The molecule has 7 rings (SSSR count). The lowest BCUT2D eigenvalue weighted by molar-refractivity contribution is 0.0664. The summed E-state index contributed by atoms with van der Waals surface area (Å²) >= 11 is 1.66. The number of amides is 2. The van der Waals surface area contributed by atoms with E-state index in [-0.39, 0.29) is 17.2 Å². The number of hydrogen-bond donors (Lipinski definition) is 2. The van der Waals surface area contributed by atoms with E-state index in [9.17, 15) is 9.59 Å². The first kappa shape index (κ1) is 27.3. The van der Waals surface area contributed by atoms with Gasteiger partial charge in [-0.2, -0.15) is 0 Å². The van der Waals surface area contributed by atoms with Crippen LogP contribution >= 0.6 is 11.3 Å². The van der Waals surface area contributed by atoms with Gasteiger partial charge in [0.2, 0.25) is 0 Å². The lowest BCUT2D eigenvalue weighted by Crippen LogP contribution is -2.47. The molecule has 4 heterocycles. The number of aryl methyl sites for hydroxylation is 1. The van der Waals surface area contributed by atoms with Gasteiger partial charge >= 0.3 is 0 Å². The van der Waals surface area contributed by atoms with Gasteiger partial charge in [0, 0.05) is 54.3 Å². The van der Waals surface area contributed by atoms with Gasteiger partial charge in [0.25, 0.3) is 11.8 Å². The molecule has 218 valence electrons. The second-order valence-corrected chi connectivity index (χ2v) is 12.4. The number of carbonyl (C=O) groups is 2. The lowest BCUT2D eigenvalue weighted by atomic mass is 9.95. The summed E-state index contributed by atoms with van der Waals surface area (Å²) in [4.78, 5) is 40.1. The largest absolute Gasteiger partial charge is 0.397 e. The summed E-state index contributed by atoms with van der Waals surface area (Å²) in [7, 11) is 2.08. The Bertz CT molecular complexity index is 1850. The lowest BCUT2D eigenvalue weighted by Gasteiger charge is -2.32. The van der Waals surface area contributed by atoms with Crippen molar-refractivity contribution in [2.45, 2.75) is 25.2 Å². The fourth-order valence-corrected chi connectivity index (χ4v) is 6.98. The minimum atomic E-state index is -0.192. The van der Waals surface area contributed by atoms with Crippen molar-refractivity contribution in [3.63, 3.8) is 0 Å². The first-order valence-electron chi connectivity index (χ1n) is 14.5. The number of imidazole rings is 1. The minimum absolute atomic E-state index is 0.0529. The number of nitrogen functional groups attached to an aromatic ring is 1. The predicted octanol–water partition coefficient (Wildman–Crippen LogP) is 5.07. The van der Waals surface area contributed by atoms with E-state index in [4.69, 9.17) is 15.7 Å². The van der Waals surface area contributed by atoms with E-state index < -0.39 is 0 Å². The maximum absolute atomic E-state index is 13.2. The molecule has 2 aromatic carbocycles. The number of piperazine rings is 1. The Labute approximate surface area is 254 Å². The zero-order valence-electron chi connectivity index (χ0n) is 24.2. The van der Waals surface area contributed by atoms with Gasteiger partial charge in [-0.25, -0.2) is 9.97 Å². The summed E-state index contributed by atoms with van der Waals surface area (Å²) in [6.45, 7) is 5.24. The van der Waals surface area contributed by atoms with Crippen molar-refractivity contribution in [2.24, 2.45) is 0 Å². The highest BCUT2D eigenvalue weighted by molar-refractivity contribution is 7.10. The number of likely N-dealkylation sites (N-methyl/N-ethyl adjacent to an activating group) is 1. The second kappa shape index (κ2) is 10.6. The predicted molar refractivity (Wildman–Crippen MR) is 170 cm³/mol. The van der Waals surface area contributed by atoms with E-state index in [2.05, 4.69) is 22.6 Å². The molecule has 1 aliphatic heterocycles. The number of aromatic nitrogens is 3. The number of thiazole rings is 1. The summed E-state index contributed by atoms with van der Waals surface area (Å²) in [5.41, 5.74) is 12.8. The molecule has 2 fully saturated rings. The van der Waals surface area contributed by atoms with Gasteiger partial charge in [0.05, 0.1) is 22.8 Å². The quantitative estimate of drug-likeness (QED) is 0.267. The van der Waals surface area contributed by atoms with Crippen LogP contribution in [0, 0.1) is 6.92 Å². The second-order valence-electron chi connectivity index (χ2n) is 11.5. The van der Waals surface area contributed by atoms with Crippen LogP contribution in [0.4, 0.5) is 11.4 Å². The fourth-order valence-electron chi connectivity index (χ4n) is 5.90. The summed E-state index contributed by atoms with van der Waals surface area (Å²) in [6.07, 6.45) is 3.96. The number of nitrogens with zero attached hydrogens (tertiary/aromatic N) is 5. The van der Waals surface area contributed by atoms with Crippen molar-refractivity contribution in [1.29, 1.82) is 0 Å².